The van der Waals surface area contributed by atoms with Crippen LogP contribution >= 0.6 is 11.6 Å². The molecule has 4 nitrogen and oxygen atoms in total. The first-order valence-electron chi connectivity index (χ1n) is 3.97. The predicted octanol–water partition coefficient (Wildman–Crippen LogP) is 1.32. The van der Waals surface area contributed by atoms with Crippen molar-refractivity contribution in [2.24, 2.45) is 0 Å². The normalized spacial score (nSPS) is 14.2. The summed E-state index contributed by atoms with van der Waals surface area (Å²) in [6.45, 7) is 0. The van der Waals surface area contributed by atoms with Crippen molar-refractivity contribution in [3.8, 4) is 0 Å². The highest BCUT2D eigenvalue weighted by molar-refractivity contribution is 6.30. The van der Waals surface area contributed by atoms with Crippen molar-refractivity contribution in [3.05, 3.63) is 22.2 Å². The van der Waals surface area contributed by atoms with E-state index in [1.165, 1.54) is 0 Å². The Labute approximate surface area is 79.6 Å². The van der Waals surface area contributed by atoms with Gasteiger partial charge in [0, 0.05) is 11.3 Å². The summed E-state index contributed by atoms with van der Waals surface area (Å²) in [5.41, 5.74) is 1.70. The second-order valence-electron chi connectivity index (χ2n) is 2.92. The molecule has 0 atom stereocenters. The number of rotatable bonds is 1. The minimum Gasteiger partial charge on any atom is -0.475 e. The SMILES string of the molecule is O=C(O)c1nc(Cl)c2c(n1)CCC2. The molecule has 1 aromatic heterocycles. The molecule has 0 unspecified atom stereocenters. The largest absolute Gasteiger partial charge is 0.475 e. The lowest BCUT2D eigenvalue weighted by Gasteiger charge is -2.01. The first-order chi connectivity index (χ1) is 6.18. The van der Waals surface area contributed by atoms with E-state index in [1.54, 1.807) is 0 Å². The number of fused-ring (bicyclic) bond motifs is 1. The second kappa shape index (κ2) is 2.96. The molecule has 0 fully saturated rings. The molecule has 0 saturated heterocycles. The lowest BCUT2D eigenvalue weighted by Crippen LogP contribution is -2.07. The molecule has 1 heterocycles. The zero-order valence-corrected chi connectivity index (χ0v) is 7.51. The van der Waals surface area contributed by atoms with Crippen LogP contribution in [0.2, 0.25) is 5.15 Å². The van der Waals surface area contributed by atoms with Gasteiger partial charge in [0.25, 0.3) is 0 Å². The molecule has 1 aromatic rings. The molecular formula is C8H7ClN2O2. The van der Waals surface area contributed by atoms with Crippen LogP contribution in [0.1, 0.15) is 28.3 Å². The Hall–Kier alpha value is -1.16. The highest BCUT2D eigenvalue weighted by Gasteiger charge is 2.20. The molecule has 1 aliphatic carbocycles. The number of hydrogen-bond donors (Lipinski definition) is 1. The van der Waals surface area contributed by atoms with Crippen LogP contribution in [-0.4, -0.2) is 21.0 Å². The van der Waals surface area contributed by atoms with Gasteiger partial charge >= 0.3 is 5.97 Å². The van der Waals surface area contributed by atoms with E-state index in [-0.39, 0.29) is 5.82 Å². The molecule has 0 bridgehead atoms. The van der Waals surface area contributed by atoms with Gasteiger partial charge in [-0.2, -0.15) is 0 Å². The summed E-state index contributed by atoms with van der Waals surface area (Å²) in [6.07, 6.45) is 2.64. The Morgan fingerprint density at radius 1 is 1.38 bits per heavy atom. The van der Waals surface area contributed by atoms with Gasteiger partial charge in [-0.25, -0.2) is 14.8 Å². The number of carboxylic acids is 1. The van der Waals surface area contributed by atoms with Crippen molar-refractivity contribution in [2.75, 3.05) is 0 Å². The molecule has 0 aliphatic heterocycles. The topological polar surface area (TPSA) is 63.1 Å². The van der Waals surface area contributed by atoms with E-state index in [9.17, 15) is 4.79 Å². The van der Waals surface area contributed by atoms with Crippen LogP contribution in [0.5, 0.6) is 0 Å². The van der Waals surface area contributed by atoms with Crippen LogP contribution in [0, 0.1) is 0 Å². The molecule has 13 heavy (non-hydrogen) atoms. The molecule has 1 aliphatic rings. The lowest BCUT2D eigenvalue weighted by molar-refractivity contribution is 0.0683. The number of aryl methyl sites for hydroxylation is 1. The molecule has 0 saturated carbocycles. The summed E-state index contributed by atoms with van der Waals surface area (Å²) in [6, 6.07) is 0. The van der Waals surface area contributed by atoms with E-state index in [4.69, 9.17) is 16.7 Å². The van der Waals surface area contributed by atoms with E-state index >= 15 is 0 Å². The fourth-order valence-corrected chi connectivity index (χ4v) is 1.77. The molecule has 2 rings (SSSR count). The van der Waals surface area contributed by atoms with Crippen LogP contribution in [0.3, 0.4) is 0 Å². The minimum absolute atomic E-state index is 0.203. The molecule has 0 amide bonds. The Bertz CT molecular complexity index is 379. The van der Waals surface area contributed by atoms with E-state index in [0.29, 0.717) is 5.15 Å². The quantitative estimate of drug-likeness (QED) is 0.692. The van der Waals surface area contributed by atoms with Crippen molar-refractivity contribution < 1.29 is 9.90 Å². The average molecular weight is 199 g/mol. The molecule has 0 aromatic carbocycles. The van der Waals surface area contributed by atoms with Gasteiger partial charge in [0.1, 0.15) is 5.15 Å². The third-order valence-corrected chi connectivity index (χ3v) is 2.39. The monoisotopic (exact) mass is 198 g/mol. The average Bonchev–Trinajstić information content (AvgIpc) is 2.51. The van der Waals surface area contributed by atoms with Gasteiger partial charge < -0.3 is 5.11 Å². The van der Waals surface area contributed by atoms with Crippen LogP contribution in [0.15, 0.2) is 0 Å². The fourth-order valence-electron chi connectivity index (χ4n) is 1.48. The number of halogens is 1. The Kier molecular flexibility index (Phi) is 1.92. The van der Waals surface area contributed by atoms with Crippen molar-refractivity contribution >= 4 is 17.6 Å². The maximum atomic E-state index is 10.6. The van der Waals surface area contributed by atoms with Gasteiger partial charge in [0.15, 0.2) is 0 Å². The first kappa shape index (κ1) is 8.44. The smallest absolute Gasteiger partial charge is 0.373 e. The highest BCUT2D eigenvalue weighted by atomic mass is 35.5. The highest BCUT2D eigenvalue weighted by Crippen LogP contribution is 2.25. The second-order valence-corrected chi connectivity index (χ2v) is 3.28. The van der Waals surface area contributed by atoms with Gasteiger partial charge in [-0.1, -0.05) is 11.6 Å². The maximum Gasteiger partial charge on any atom is 0.373 e. The van der Waals surface area contributed by atoms with Crippen molar-refractivity contribution in [1.29, 1.82) is 0 Å². The number of carboxylic acid groups (broad SMARTS) is 1. The zero-order chi connectivity index (χ0) is 9.42. The van der Waals surface area contributed by atoms with Crippen LogP contribution < -0.4 is 0 Å². The molecule has 68 valence electrons. The summed E-state index contributed by atoms with van der Waals surface area (Å²) in [5.74, 6) is -1.33. The molecule has 0 radical (unpaired) electrons. The number of nitrogens with zero attached hydrogens (tertiary/aromatic N) is 2. The Morgan fingerprint density at radius 2 is 2.15 bits per heavy atom. The number of carbonyl (C=O) groups is 1. The van der Waals surface area contributed by atoms with Crippen LogP contribution in [0.25, 0.3) is 0 Å². The standard InChI is InChI=1S/C8H7ClN2O2/c9-6-4-2-1-3-5(4)10-7(11-6)8(12)13/h1-3H2,(H,12,13). The molecule has 1 N–H and O–H groups in total. The van der Waals surface area contributed by atoms with E-state index in [1.807, 2.05) is 0 Å². The zero-order valence-electron chi connectivity index (χ0n) is 6.75. The Balaban J connectivity index is 2.55. The van der Waals surface area contributed by atoms with Gasteiger partial charge in [0.05, 0.1) is 0 Å². The summed E-state index contributed by atoms with van der Waals surface area (Å²) in [7, 11) is 0. The van der Waals surface area contributed by atoms with Gasteiger partial charge in [-0.3, -0.25) is 0 Å². The molecular weight excluding hydrogens is 192 g/mol. The summed E-state index contributed by atoms with van der Waals surface area (Å²) >= 11 is 5.80. The molecule has 0 spiro atoms. The Morgan fingerprint density at radius 3 is 2.85 bits per heavy atom. The number of hydrogen-bond acceptors (Lipinski definition) is 3. The van der Waals surface area contributed by atoms with E-state index in [2.05, 4.69) is 9.97 Å². The van der Waals surface area contributed by atoms with Gasteiger partial charge in [-0.15, -0.1) is 0 Å². The first-order valence-corrected chi connectivity index (χ1v) is 4.35. The van der Waals surface area contributed by atoms with Crippen LogP contribution in [0.4, 0.5) is 0 Å². The number of aromatic carboxylic acids is 1. The fraction of sp³-hybridized carbons (Fsp3) is 0.375. The van der Waals surface area contributed by atoms with E-state index in [0.717, 1.165) is 30.5 Å². The third-order valence-electron chi connectivity index (χ3n) is 2.07. The number of aromatic nitrogens is 2. The van der Waals surface area contributed by atoms with Gasteiger partial charge in [0.2, 0.25) is 5.82 Å². The summed E-state index contributed by atoms with van der Waals surface area (Å²) in [5, 5.41) is 8.95. The minimum atomic E-state index is -1.13. The summed E-state index contributed by atoms with van der Waals surface area (Å²) < 4.78 is 0. The van der Waals surface area contributed by atoms with Crippen molar-refractivity contribution in [2.45, 2.75) is 19.3 Å². The maximum absolute atomic E-state index is 10.6. The van der Waals surface area contributed by atoms with Crippen molar-refractivity contribution in [3.63, 3.8) is 0 Å². The van der Waals surface area contributed by atoms with Gasteiger partial charge in [-0.05, 0) is 19.3 Å². The lowest BCUT2D eigenvalue weighted by atomic mass is 10.3. The van der Waals surface area contributed by atoms with Crippen LogP contribution in [-0.2, 0) is 12.8 Å². The van der Waals surface area contributed by atoms with E-state index < -0.39 is 5.97 Å². The predicted molar refractivity (Wildman–Crippen MR) is 46.0 cm³/mol. The molecule has 5 heteroatoms. The third kappa shape index (κ3) is 1.37. The van der Waals surface area contributed by atoms with Crippen molar-refractivity contribution in [1.82, 2.24) is 9.97 Å². The summed E-state index contributed by atoms with van der Waals surface area (Å²) in [4.78, 5) is 18.2.